The van der Waals surface area contributed by atoms with Crippen molar-refractivity contribution in [2.45, 2.75) is 47.2 Å². The first-order valence-corrected chi connectivity index (χ1v) is 11.3. The second-order valence-corrected chi connectivity index (χ2v) is 8.58. The SMILES string of the molecule is CCOc1cc2c(cc1OC)-c1cc(=Nc3c(C)cc(C)cc3C)n(CC(N)=O)c(=O)n1CC2. The zero-order valence-corrected chi connectivity index (χ0v) is 20.3. The molecular formula is C26H30N4O4. The molecule has 1 aliphatic rings. The maximum Gasteiger partial charge on any atom is 0.330 e. The molecule has 0 radical (unpaired) electrons. The number of methoxy groups -OCH3 is 1. The van der Waals surface area contributed by atoms with E-state index < -0.39 is 5.91 Å². The van der Waals surface area contributed by atoms with Crippen molar-refractivity contribution in [3.63, 3.8) is 0 Å². The predicted octanol–water partition coefficient (Wildman–Crippen LogP) is 2.92. The molecule has 0 atom stereocenters. The van der Waals surface area contributed by atoms with Gasteiger partial charge in [0.15, 0.2) is 11.5 Å². The van der Waals surface area contributed by atoms with Crippen molar-refractivity contribution in [1.82, 2.24) is 9.13 Å². The largest absolute Gasteiger partial charge is 0.493 e. The van der Waals surface area contributed by atoms with Gasteiger partial charge in [-0.05, 0) is 62.9 Å². The van der Waals surface area contributed by atoms with Crippen LogP contribution in [0.25, 0.3) is 11.3 Å². The number of aryl methyl sites for hydroxylation is 4. The lowest BCUT2D eigenvalue weighted by Gasteiger charge is -2.24. The standard InChI is InChI=1S/C26H30N4O4/c1-6-34-22-11-18-7-8-29-20(19(18)12-21(22)33-5)13-24(30(26(29)32)14-23(27)31)28-25-16(3)9-15(2)10-17(25)4/h9-13H,6-8,14H2,1-5H3,(H2,27,31). The highest BCUT2D eigenvalue weighted by atomic mass is 16.5. The minimum atomic E-state index is -0.601. The van der Waals surface area contributed by atoms with Gasteiger partial charge in [0.05, 0.1) is 25.1 Å². The van der Waals surface area contributed by atoms with Gasteiger partial charge < -0.3 is 15.2 Å². The summed E-state index contributed by atoms with van der Waals surface area (Å²) in [5.74, 6) is 0.671. The number of nitrogens with zero attached hydrogens (tertiary/aromatic N) is 3. The first-order valence-electron chi connectivity index (χ1n) is 11.3. The summed E-state index contributed by atoms with van der Waals surface area (Å²) in [6.45, 7) is 8.67. The monoisotopic (exact) mass is 462 g/mol. The van der Waals surface area contributed by atoms with E-state index in [0.717, 1.165) is 39.2 Å². The van der Waals surface area contributed by atoms with Crippen LogP contribution in [0.15, 0.2) is 40.1 Å². The minimum Gasteiger partial charge on any atom is -0.493 e. The number of fused-ring (bicyclic) bond motifs is 3. The molecule has 2 N–H and O–H groups in total. The van der Waals surface area contributed by atoms with Crippen LogP contribution in [0.1, 0.15) is 29.2 Å². The van der Waals surface area contributed by atoms with E-state index in [2.05, 4.69) is 0 Å². The van der Waals surface area contributed by atoms with Crippen LogP contribution < -0.4 is 26.4 Å². The van der Waals surface area contributed by atoms with Crippen LogP contribution in [0.2, 0.25) is 0 Å². The van der Waals surface area contributed by atoms with Crippen molar-refractivity contribution >= 4 is 11.6 Å². The maximum atomic E-state index is 13.5. The van der Waals surface area contributed by atoms with E-state index in [1.165, 1.54) is 4.57 Å². The number of amides is 1. The molecule has 34 heavy (non-hydrogen) atoms. The highest BCUT2D eigenvalue weighted by Crippen LogP contribution is 2.37. The molecule has 1 aliphatic heterocycles. The molecule has 0 saturated carbocycles. The Hall–Kier alpha value is -3.81. The van der Waals surface area contributed by atoms with Crippen LogP contribution in [0.3, 0.4) is 0 Å². The first kappa shape index (κ1) is 23.4. The summed E-state index contributed by atoms with van der Waals surface area (Å²) in [7, 11) is 1.59. The average molecular weight is 463 g/mol. The normalized spacial score (nSPS) is 12.8. The van der Waals surface area contributed by atoms with E-state index in [0.29, 0.717) is 36.6 Å². The van der Waals surface area contributed by atoms with Gasteiger partial charge in [-0.1, -0.05) is 17.7 Å². The number of hydrogen-bond donors (Lipinski definition) is 1. The van der Waals surface area contributed by atoms with E-state index in [1.54, 1.807) is 11.7 Å². The summed E-state index contributed by atoms with van der Waals surface area (Å²) in [5.41, 5.74) is 12.1. The summed E-state index contributed by atoms with van der Waals surface area (Å²) >= 11 is 0. The zero-order chi connectivity index (χ0) is 24.6. The van der Waals surface area contributed by atoms with Crippen LogP contribution in [-0.2, 0) is 24.3 Å². The lowest BCUT2D eigenvalue weighted by molar-refractivity contribution is -0.118. The quantitative estimate of drug-likeness (QED) is 0.609. The average Bonchev–Trinajstić information content (AvgIpc) is 2.77. The van der Waals surface area contributed by atoms with Crippen molar-refractivity contribution in [3.05, 3.63) is 68.6 Å². The number of ether oxygens (including phenoxy) is 2. The van der Waals surface area contributed by atoms with Gasteiger partial charge in [-0.2, -0.15) is 0 Å². The number of carbonyl (C=O) groups excluding carboxylic acids is 1. The minimum absolute atomic E-state index is 0.249. The molecule has 178 valence electrons. The fourth-order valence-corrected chi connectivity index (χ4v) is 4.63. The van der Waals surface area contributed by atoms with Crippen molar-refractivity contribution in [2.75, 3.05) is 13.7 Å². The molecule has 3 aromatic rings. The first-order chi connectivity index (χ1) is 16.2. The molecule has 0 saturated heterocycles. The van der Waals surface area contributed by atoms with Crippen molar-refractivity contribution in [2.24, 2.45) is 10.7 Å². The topological polar surface area (TPSA) is 101 Å². The van der Waals surface area contributed by atoms with Crippen LogP contribution in [-0.4, -0.2) is 28.8 Å². The van der Waals surface area contributed by atoms with Gasteiger partial charge in [0, 0.05) is 18.2 Å². The van der Waals surface area contributed by atoms with Gasteiger partial charge in [0.25, 0.3) is 0 Å². The van der Waals surface area contributed by atoms with E-state index in [9.17, 15) is 9.59 Å². The smallest absolute Gasteiger partial charge is 0.330 e. The molecule has 0 aliphatic carbocycles. The molecule has 0 fully saturated rings. The van der Waals surface area contributed by atoms with Gasteiger partial charge >= 0.3 is 5.69 Å². The highest BCUT2D eigenvalue weighted by Gasteiger charge is 2.23. The molecule has 8 nitrogen and oxygen atoms in total. The summed E-state index contributed by atoms with van der Waals surface area (Å²) in [6.07, 6.45) is 0.648. The molecule has 1 aromatic heterocycles. The lowest BCUT2D eigenvalue weighted by Crippen LogP contribution is -2.44. The third-order valence-corrected chi connectivity index (χ3v) is 6.04. The number of nitrogens with two attached hydrogens (primary N) is 1. The molecule has 1 amide bonds. The highest BCUT2D eigenvalue weighted by molar-refractivity contribution is 5.74. The van der Waals surface area contributed by atoms with E-state index in [4.69, 9.17) is 20.2 Å². The summed E-state index contributed by atoms with van der Waals surface area (Å²) in [5, 5.41) is 0. The molecule has 8 heteroatoms. The lowest BCUT2D eigenvalue weighted by atomic mass is 9.97. The Labute approximate surface area is 198 Å². The van der Waals surface area contributed by atoms with Gasteiger partial charge in [0.1, 0.15) is 12.0 Å². The van der Waals surface area contributed by atoms with Crippen molar-refractivity contribution in [3.8, 4) is 22.8 Å². The Morgan fingerprint density at radius 2 is 1.79 bits per heavy atom. The Kier molecular flexibility index (Phi) is 6.32. The van der Waals surface area contributed by atoms with Crippen LogP contribution in [0, 0.1) is 20.8 Å². The fourth-order valence-electron chi connectivity index (χ4n) is 4.63. The van der Waals surface area contributed by atoms with Crippen LogP contribution >= 0.6 is 0 Å². The summed E-state index contributed by atoms with van der Waals surface area (Å²) < 4.78 is 14.3. The molecular weight excluding hydrogens is 432 g/mol. The van der Waals surface area contributed by atoms with E-state index in [-0.39, 0.29) is 12.2 Å². The van der Waals surface area contributed by atoms with Gasteiger partial charge in [0.2, 0.25) is 5.91 Å². The second kappa shape index (κ2) is 9.21. The summed E-state index contributed by atoms with van der Waals surface area (Å²) in [6, 6.07) is 9.81. The van der Waals surface area contributed by atoms with E-state index in [1.807, 2.05) is 58.0 Å². The molecule has 2 aromatic carbocycles. The number of rotatable bonds is 6. The van der Waals surface area contributed by atoms with Gasteiger partial charge in [-0.3, -0.25) is 13.9 Å². The molecule has 0 bridgehead atoms. The third-order valence-electron chi connectivity index (χ3n) is 6.04. The fraction of sp³-hybridized carbons (Fsp3) is 0.346. The van der Waals surface area contributed by atoms with Gasteiger partial charge in [-0.25, -0.2) is 9.79 Å². The zero-order valence-electron chi connectivity index (χ0n) is 20.3. The molecule has 2 heterocycles. The number of aromatic nitrogens is 2. The van der Waals surface area contributed by atoms with Crippen molar-refractivity contribution < 1.29 is 14.3 Å². The van der Waals surface area contributed by atoms with Gasteiger partial charge in [-0.15, -0.1) is 0 Å². The Balaban J connectivity index is 2.02. The van der Waals surface area contributed by atoms with Crippen molar-refractivity contribution in [1.29, 1.82) is 0 Å². The number of primary amides is 1. The number of carbonyl (C=O) groups is 1. The van der Waals surface area contributed by atoms with Crippen LogP contribution in [0.4, 0.5) is 5.69 Å². The molecule has 0 unspecified atom stereocenters. The maximum absolute atomic E-state index is 13.5. The van der Waals surface area contributed by atoms with E-state index >= 15 is 0 Å². The third kappa shape index (κ3) is 4.23. The summed E-state index contributed by atoms with van der Waals surface area (Å²) in [4.78, 5) is 30.2. The Bertz CT molecular complexity index is 1390. The molecule has 4 rings (SSSR count). The number of benzene rings is 2. The number of hydrogen-bond acceptors (Lipinski definition) is 5. The molecule has 0 spiro atoms. The van der Waals surface area contributed by atoms with Crippen LogP contribution in [0.5, 0.6) is 11.5 Å². The Morgan fingerprint density at radius 1 is 1.09 bits per heavy atom. The Morgan fingerprint density at radius 3 is 2.41 bits per heavy atom. The predicted molar refractivity (Wildman–Crippen MR) is 131 cm³/mol. The second-order valence-electron chi connectivity index (χ2n) is 8.58.